The highest BCUT2D eigenvalue weighted by molar-refractivity contribution is 5.97. The van der Waals surface area contributed by atoms with E-state index in [1.54, 1.807) is 6.07 Å². The SMILES string of the molecule is NCc1ccc(C(=O)N2CCc3cc4ccc3C2c2cccc(c2)OCCCNC(=O)c2cc(ccc2O)O4)cc1. The topological polar surface area (TPSA) is 114 Å². The van der Waals surface area contributed by atoms with Crippen molar-refractivity contribution in [3.8, 4) is 23.0 Å². The number of aromatic hydroxyl groups is 1. The van der Waals surface area contributed by atoms with E-state index in [9.17, 15) is 14.7 Å². The molecule has 8 nitrogen and oxygen atoms in total. The minimum atomic E-state index is -0.383. The molecule has 7 rings (SSSR count). The third-order valence-electron chi connectivity index (χ3n) is 7.54. The number of hydrogen-bond acceptors (Lipinski definition) is 6. The van der Waals surface area contributed by atoms with Crippen LogP contribution in [-0.4, -0.2) is 41.5 Å². The summed E-state index contributed by atoms with van der Waals surface area (Å²) in [5.74, 6) is 1.18. The summed E-state index contributed by atoms with van der Waals surface area (Å²) < 4.78 is 12.2. The average molecular weight is 550 g/mol. The van der Waals surface area contributed by atoms with Crippen molar-refractivity contribution in [3.05, 3.63) is 118 Å². The van der Waals surface area contributed by atoms with Gasteiger partial charge < -0.3 is 30.5 Å². The third-order valence-corrected chi connectivity index (χ3v) is 7.54. The number of fused-ring (bicyclic) bond motifs is 6. The Labute approximate surface area is 238 Å². The molecule has 0 aliphatic carbocycles. The lowest BCUT2D eigenvalue weighted by atomic mass is 9.87. The standard InChI is InChI=1S/C33H31N3O5/c34-20-21-5-7-22(8-6-21)33(39)36-15-13-23-17-26-9-11-28(23)31(36)24-3-1-4-25(18-24)40-16-2-14-35-32(38)29-19-27(41-26)10-12-30(29)37/h1,3-12,17-19,31,37H,2,13-16,20,34H2,(H,35,38). The predicted octanol–water partition coefficient (Wildman–Crippen LogP) is 4.94. The van der Waals surface area contributed by atoms with Gasteiger partial charge in [-0.05, 0) is 89.7 Å². The number of ether oxygens (including phenoxy) is 2. The summed E-state index contributed by atoms with van der Waals surface area (Å²) in [6, 6.07) is 25.4. The van der Waals surface area contributed by atoms with Gasteiger partial charge in [0.2, 0.25) is 0 Å². The van der Waals surface area contributed by atoms with Crippen molar-refractivity contribution >= 4 is 11.8 Å². The Balaban J connectivity index is 1.42. The molecule has 4 aromatic carbocycles. The van der Waals surface area contributed by atoms with Gasteiger partial charge in [0, 0.05) is 25.2 Å². The van der Waals surface area contributed by atoms with E-state index in [2.05, 4.69) is 5.32 Å². The Hall–Kier alpha value is -4.82. The van der Waals surface area contributed by atoms with Gasteiger partial charge >= 0.3 is 0 Å². The van der Waals surface area contributed by atoms with Crippen LogP contribution >= 0.6 is 0 Å². The van der Waals surface area contributed by atoms with Gasteiger partial charge in [-0.25, -0.2) is 0 Å². The molecule has 0 radical (unpaired) electrons. The molecule has 0 saturated carbocycles. The molecule has 1 unspecified atom stereocenters. The minimum Gasteiger partial charge on any atom is -0.507 e. The minimum absolute atomic E-state index is 0.0506. The zero-order valence-corrected chi connectivity index (χ0v) is 22.5. The molecule has 8 heteroatoms. The molecular formula is C33H31N3O5. The number of nitrogens with two attached hydrogens (primary N) is 1. The second-order valence-electron chi connectivity index (χ2n) is 10.2. The van der Waals surface area contributed by atoms with Gasteiger partial charge in [-0.2, -0.15) is 0 Å². The molecule has 0 aromatic heterocycles. The Kier molecular flexibility index (Phi) is 7.31. The molecule has 1 atom stereocenters. The molecule has 0 fully saturated rings. The number of rotatable bonds is 2. The second-order valence-corrected chi connectivity index (χ2v) is 10.2. The molecule has 208 valence electrons. The van der Waals surface area contributed by atoms with Gasteiger partial charge in [-0.15, -0.1) is 0 Å². The van der Waals surface area contributed by atoms with Crippen LogP contribution < -0.4 is 20.5 Å². The van der Waals surface area contributed by atoms with Gasteiger partial charge in [-0.1, -0.05) is 30.3 Å². The summed E-state index contributed by atoms with van der Waals surface area (Å²) in [5, 5.41) is 13.1. The van der Waals surface area contributed by atoms with E-state index >= 15 is 0 Å². The van der Waals surface area contributed by atoms with Crippen molar-refractivity contribution in [1.29, 1.82) is 0 Å². The van der Waals surface area contributed by atoms with E-state index in [4.69, 9.17) is 15.2 Å². The zero-order chi connectivity index (χ0) is 28.3. The first-order valence-electron chi connectivity index (χ1n) is 13.7. The summed E-state index contributed by atoms with van der Waals surface area (Å²) in [6.45, 7) is 1.71. The highest BCUT2D eigenvalue weighted by atomic mass is 16.5. The number of nitrogens with zero attached hydrogens (tertiary/aromatic N) is 1. The van der Waals surface area contributed by atoms with Crippen molar-refractivity contribution in [1.82, 2.24) is 10.2 Å². The number of phenols is 1. The van der Waals surface area contributed by atoms with Crippen LogP contribution in [0.15, 0.2) is 84.9 Å². The van der Waals surface area contributed by atoms with E-state index in [-0.39, 0.29) is 29.2 Å². The lowest BCUT2D eigenvalue weighted by Crippen LogP contribution is -2.40. The maximum Gasteiger partial charge on any atom is 0.255 e. The van der Waals surface area contributed by atoms with Crippen LogP contribution in [0, 0.1) is 0 Å². The lowest BCUT2D eigenvalue weighted by Gasteiger charge is -2.38. The fourth-order valence-electron chi connectivity index (χ4n) is 5.42. The number of benzene rings is 4. The first-order valence-corrected chi connectivity index (χ1v) is 13.7. The van der Waals surface area contributed by atoms with Crippen molar-refractivity contribution in [2.75, 3.05) is 19.7 Å². The summed E-state index contributed by atoms with van der Waals surface area (Å²) in [7, 11) is 0. The van der Waals surface area contributed by atoms with Crippen LogP contribution in [0.5, 0.6) is 23.0 Å². The van der Waals surface area contributed by atoms with Crippen molar-refractivity contribution in [2.45, 2.75) is 25.4 Å². The van der Waals surface area contributed by atoms with E-state index < -0.39 is 0 Å². The quantitative estimate of drug-likeness (QED) is 0.326. The highest BCUT2D eigenvalue weighted by Gasteiger charge is 2.33. The van der Waals surface area contributed by atoms with Gasteiger partial charge in [0.1, 0.15) is 23.0 Å². The maximum absolute atomic E-state index is 13.9. The Bertz CT molecular complexity index is 1600. The van der Waals surface area contributed by atoms with E-state index in [1.807, 2.05) is 71.6 Å². The number of carbonyl (C=O) groups excluding carboxylic acids is 2. The smallest absolute Gasteiger partial charge is 0.255 e. The van der Waals surface area contributed by atoms with Crippen molar-refractivity contribution < 1.29 is 24.2 Å². The first kappa shape index (κ1) is 26.4. The van der Waals surface area contributed by atoms with Gasteiger partial charge in [0.05, 0.1) is 18.2 Å². The van der Waals surface area contributed by atoms with E-state index in [0.29, 0.717) is 61.9 Å². The largest absolute Gasteiger partial charge is 0.507 e. The van der Waals surface area contributed by atoms with E-state index in [1.165, 1.54) is 12.1 Å². The second kappa shape index (κ2) is 11.3. The van der Waals surface area contributed by atoms with Crippen LogP contribution in [0.1, 0.15) is 55.4 Å². The van der Waals surface area contributed by atoms with Crippen molar-refractivity contribution in [3.63, 3.8) is 0 Å². The molecular weight excluding hydrogens is 518 g/mol. The van der Waals surface area contributed by atoms with Crippen LogP contribution in [0.25, 0.3) is 0 Å². The zero-order valence-electron chi connectivity index (χ0n) is 22.5. The Morgan fingerprint density at radius 1 is 0.976 bits per heavy atom. The van der Waals surface area contributed by atoms with Crippen LogP contribution in [0.4, 0.5) is 0 Å². The summed E-state index contributed by atoms with van der Waals surface area (Å²) in [5.41, 5.74) is 10.5. The fraction of sp³-hybridized carbons (Fsp3) is 0.212. The molecule has 3 aliphatic heterocycles. The van der Waals surface area contributed by atoms with Gasteiger partial charge in [0.15, 0.2) is 0 Å². The predicted molar refractivity (Wildman–Crippen MR) is 154 cm³/mol. The fourth-order valence-corrected chi connectivity index (χ4v) is 5.42. The van der Waals surface area contributed by atoms with Gasteiger partial charge in [-0.3, -0.25) is 9.59 Å². The van der Waals surface area contributed by atoms with Crippen LogP contribution in [0.3, 0.4) is 0 Å². The third kappa shape index (κ3) is 5.47. The molecule has 8 bridgehead atoms. The Morgan fingerprint density at radius 2 is 1.78 bits per heavy atom. The number of hydrogen-bond donors (Lipinski definition) is 3. The molecule has 0 spiro atoms. The normalized spacial score (nSPS) is 16.6. The number of amides is 2. The summed E-state index contributed by atoms with van der Waals surface area (Å²) in [4.78, 5) is 28.5. The molecule has 4 aromatic rings. The van der Waals surface area contributed by atoms with Crippen molar-refractivity contribution in [2.24, 2.45) is 5.73 Å². The maximum atomic E-state index is 13.9. The molecule has 4 N–H and O–H groups in total. The molecule has 0 saturated heterocycles. The number of carbonyl (C=O) groups is 2. The highest BCUT2D eigenvalue weighted by Crippen LogP contribution is 2.39. The van der Waals surface area contributed by atoms with Crippen LogP contribution in [-0.2, 0) is 13.0 Å². The molecule has 3 heterocycles. The molecule has 3 aliphatic rings. The lowest BCUT2D eigenvalue weighted by molar-refractivity contribution is 0.0694. The van der Waals surface area contributed by atoms with Crippen LogP contribution in [0.2, 0.25) is 0 Å². The first-order chi connectivity index (χ1) is 20.0. The average Bonchev–Trinajstić information content (AvgIpc) is 3.00. The Morgan fingerprint density at radius 3 is 2.61 bits per heavy atom. The van der Waals surface area contributed by atoms with E-state index in [0.717, 1.165) is 22.3 Å². The monoisotopic (exact) mass is 549 g/mol. The van der Waals surface area contributed by atoms with Gasteiger partial charge in [0.25, 0.3) is 11.8 Å². The number of phenolic OH excluding ortho intramolecular Hbond substituents is 1. The molecule has 2 amide bonds. The molecule has 41 heavy (non-hydrogen) atoms. The summed E-state index contributed by atoms with van der Waals surface area (Å²) in [6.07, 6.45) is 1.22. The summed E-state index contributed by atoms with van der Waals surface area (Å²) >= 11 is 0. The number of nitrogens with one attached hydrogen (secondary N) is 1.